The van der Waals surface area contributed by atoms with Crippen LogP contribution in [0.4, 0.5) is 0 Å². The number of carbonyl (C=O) groups is 1. The molecule has 0 aromatic carbocycles. The van der Waals surface area contributed by atoms with Crippen LogP contribution in [0.5, 0.6) is 0 Å². The van der Waals surface area contributed by atoms with Gasteiger partial charge in [0.15, 0.2) is 0 Å². The van der Waals surface area contributed by atoms with Gasteiger partial charge in [-0.1, -0.05) is 12.1 Å². The maximum absolute atomic E-state index is 11.7. The van der Waals surface area contributed by atoms with Gasteiger partial charge in [-0.3, -0.25) is 9.78 Å². The largest absolute Gasteiger partial charge is 0.333 e. The SMILES string of the molecule is C=CCN(Cc1ccccn1)C(=O)CCN. The Morgan fingerprint density at radius 1 is 1.56 bits per heavy atom. The van der Waals surface area contributed by atoms with Crippen LogP contribution in [-0.4, -0.2) is 28.9 Å². The van der Waals surface area contributed by atoms with Gasteiger partial charge in [-0.2, -0.15) is 0 Å². The molecule has 0 unspecified atom stereocenters. The number of hydrogen-bond donors (Lipinski definition) is 1. The van der Waals surface area contributed by atoms with E-state index in [1.54, 1.807) is 17.2 Å². The average Bonchev–Trinajstić information content (AvgIpc) is 2.30. The minimum Gasteiger partial charge on any atom is -0.333 e. The fourth-order valence-corrected chi connectivity index (χ4v) is 1.38. The lowest BCUT2D eigenvalue weighted by atomic mass is 10.3. The fraction of sp³-hybridized carbons (Fsp3) is 0.333. The van der Waals surface area contributed by atoms with Gasteiger partial charge in [0.25, 0.3) is 0 Å². The summed E-state index contributed by atoms with van der Waals surface area (Å²) < 4.78 is 0. The molecule has 0 saturated carbocycles. The van der Waals surface area contributed by atoms with Crippen molar-refractivity contribution in [2.45, 2.75) is 13.0 Å². The molecule has 4 nitrogen and oxygen atoms in total. The zero-order chi connectivity index (χ0) is 11.8. The topological polar surface area (TPSA) is 59.2 Å². The van der Waals surface area contributed by atoms with Crippen LogP contribution >= 0.6 is 0 Å². The lowest BCUT2D eigenvalue weighted by molar-refractivity contribution is -0.131. The van der Waals surface area contributed by atoms with Crippen molar-refractivity contribution in [2.75, 3.05) is 13.1 Å². The minimum absolute atomic E-state index is 0.0352. The molecule has 0 spiro atoms. The zero-order valence-corrected chi connectivity index (χ0v) is 9.30. The summed E-state index contributed by atoms with van der Waals surface area (Å²) in [5.41, 5.74) is 6.24. The predicted molar refractivity (Wildman–Crippen MR) is 63.5 cm³/mol. The van der Waals surface area contributed by atoms with Crippen LogP contribution < -0.4 is 5.73 Å². The van der Waals surface area contributed by atoms with Gasteiger partial charge in [-0.25, -0.2) is 0 Å². The Labute approximate surface area is 95.8 Å². The molecule has 1 amide bonds. The van der Waals surface area contributed by atoms with E-state index >= 15 is 0 Å². The number of hydrogen-bond acceptors (Lipinski definition) is 3. The van der Waals surface area contributed by atoms with Crippen molar-refractivity contribution in [3.63, 3.8) is 0 Å². The van der Waals surface area contributed by atoms with Crippen molar-refractivity contribution in [1.82, 2.24) is 9.88 Å². The van der Waals surface area contributed by atoms with Crippen molar-refractivity contribution >= 4 is 5.91 Å². The van der Waals surface area contributed by atoms with Crippen molar-refractivity contribution in [1.29, 1.82) is 0 Å². The molecular weight excluding hydrogens is 202 g/mol. The summed E-state index contributed by atoms with van der Waals surface area (Å²) in [7, 11) is 0. The second-order valence-electron chi connectivity index (χ2n) is 3.42. The smallest absolute Gasteiger partial charge is 0.224 e. The Morgan fingerprint density at radius 3 is 2.94 bits per heavy atom. The molecule has 0 fully saturated rings. The van der Waals surface area contributed by atoms with Gasteiger partial charge in [0.05, 0.1) is 12.2 Å². The molecule has 0 bridgehead atoms. The molecule has 0 saturated heterocycles. The maximum Gasteiger partial charge on any atom is 0.224 e. The molecule has 2 N–H and O–H groups in total. The van der Waals surface area contributed by atoms with Crippen LogP contribution in [0.1, 0.15) is 12.1 Å². The number of nitrogens with zero attached hydrogens (tertiary/aromatic N) is 2. The first-order valence-electron chi connectivity index (χ1n) is 5.26. The zero-order valence-electron chi connectivity index (χ0n) is 9.30. The van der Waals surface area contributed by atoms with E-state index in [1.807, 2.05) is 18.2 Å². The Balaban J connectivity index is 2.64. The summed E-state index contributed by atoms with van der Waals surface area (Å²) in [6.45, 7) is 5.04. The van der Waals surface area contributed by atoms with E-state index in [4.69, 9.17) is 5.73 Å². The third-order valence-corrected chi connectivity index (χ3v) is 2.14. The third kappa shape index (κ3) is 3.82. The monoisotopic (exact) mass is 219 g/mol. The lowest BCUT2D eigenvalue weighted by Crippen LogP contribution is -2.32. The highest BCUT2D eigenvalue weighted by atomic mass is 16.2. The van der Waals surface area contributed by atoms with Crippen LogP contribution in [0.2, 0.25) is 0 Å². The summed E-state index contributed by atoms with van der Waals surface area (Å²) >= 11 is 0. The summed E-state index contributed by atoms with van der Waals surface area (Å²) in [5.74, 6) is 0.0352. The number of rotatable bonds is 6. The lowest BCUT2D eigenvalue weighted by Gasteiger charge is -2.20. The first kappa shape index (κ1) is 12.4. The van der Waals surface area contributed by atoms with E-state index < -0.39 is 0 Å². The highest BCUT2D eigenvalue weighted by molar-refractivity contribution is 5.76. The number of amides is 1. The van der Waals surface area contributed by atoms with Crippen LogP contribution in [-0.2, 0) is 11.3 Å². The van der Waals surface area contributed by atoms with Gasteiger partial charge in [0, 0.05) is 25.7 Å². The molecule has 0 aliphatic heterocycles. The second kappa shape index (κ2) is 6.74. The Kier molecular flexibility index (Phi) is 5.22. The molecule has 1 heterocycles. The minimum atomic E-state index is 0.0352. The first-order chi connectivity index (χ1) is 7.77. The molecule has 86 valence electrons. The highest BCUT2D eigenvalue weighted by Gasteiger charge is 2.11. The van der Waals surface area contributed by atoms with Crippen LogP contribution in [0.15, 0.2) is 37.1 Å². The Hall–Kier alpha value is -1.68. The van der Waals surface area contributed by atoms with Gasteiger partial charge in [0.2, 0.25) is 5.91 Å². The Bertz CT molecular complexity index is 337. The molecule has 0 atom stereocenters. The normalized spacial score (nSPS) is 9.81. The average molecular weight is 219 g/mol. The molecular formula is C12H17N3O. The number of aromatic nitrogens is 1. The third-order valence-electron chi connectivity index (χ3n) is 2.14. The second-order valence-corrected chi connectivity index (χ2v) is 3.42. The molecule has 1 aromatic rings. The number of nitrogens with two attached hydrogens (primary N) is 1. The van der Waals surface area contributed by atoms with Crippen molar-refractivity contribution in [3.05, 3.63) is 42.7 Å². The van der Waals surface area contributed by atoms with Gasteiger partial charge >= 0.3 is 0 Å². The molecule has 1 rings (SSSR count). The molecule has 16 heavy (non-hydrogen) atoms. The molecule has 0 aliphatic carbocycles. The molecule has 1 aromatic heterocycles. The van der Waals surface area contributed by atoms with E-state index in [0.717, 1.165) is 5.69 Å². The van der Waals surface area contributed by atoms with Crippen molar-refractivity contribution < 1.29 is 4.79 Å². The summed E-state index contributed by atoms with van der Waals surface area (Å²) in [6.07, 6.45) is 3.78. The summed E-state index contributed by atoms with van der Waals surface area (Å²) in [4.78, 5) is 17.6. The summed E-state index contributed by atoms with van der Waals surface area (Å²) in [6, 6.07) is 5.65. The standard InChI is InChI=1S/C12H17N3O/c1-2-9-15(12(16)6-7-13)10-11-5-3-4-8-14-11/h2-5,8H,1,6-7,9-10,13H2. The fourth-order valence-electron chi connectivity index (χ4n) is 1.38. The van der Waals surface area contributed by atoms with Crippen LogP contribution in [0.3, 0.4) is 0 Å². The molecule has 0 aliphatic rings. The predicted octanol–water partition coefficient (Wildman–Crippen LogP) is 0.945. The van der Waals surface area contributed by atoms with Crippen LogP contribution in [0, 0.1) is 0 Å². The van der Waals surface area contributed by atoms with Crippen LogP contribution in [0.25, 0.3) is 0 Å². The van der Waals surface area contributed by atoms with Gasteiger partial charge in [-0.15, -0.1) is 6.58 Å². The Morgan fingerprint density at radius 2 is 2.38 bits per heavy atom. The first-order valence-corrected chi connectivity index (χ1v) is 5.26. The maximum atomic E-state index is 11.7. The molecule has 4 heteroatoms. The summed E-state index contributed by atoms with van der Waals surface area (Å²) in [5, 5.41) is 0. The van der Waals surface area contributed by atoms with Gasteiger partial charge in [0.1, 0.15) is 0 Å². The highest BCUT2D eigenvalue weighted by Crippen LogP contribution is 2.03. The van der Waals surface area contributed by atoms with E-state index in [9.17, 15) is 4.79 Å². The van der Waals surface area contributed by atoms with Gasteiger partial charge < -0.3 is 10.6 Å². The van der Waals surface area contributed by atoms with E-state index in [-0.39, 0.29) is 5.91 Å². The quantitative estimate of drug-likeness (QED) is 0.724. The number of carbonyl (C=O) groups excluding carboxylic acids is 1. The van der Waals surface area contributed by atoms with Crippen molar-refractivity contribution in [3.8, 4) is 0 Å². The van der Waals surface area contributed by atoms with E-state index in [0.29, 0.717) is 26.1 Å². The van der Waals surface area contributed by atoms with Crippen molar-refractivity contribution in [2.24, 2.45) is 5.73 Å². The van der Waals surface area contributed by atoms with E-state index in [2.05, 4.69) is 11.6 Å². The molecule has 0 radical (unpaired) electrons. The van der Waals surface area contributed by atoms with Gasteiger partial charge in [-0.05, 0) is 12.1 Å². The van der Waals surface area contributed by atoms with E-state index in [1.165, 1.54) is 0 Å². The number of pyridine rings is 1.